The van der Waals surface area contributed by atoms with E-state index in [2.05, 4.69) is 21.2 Å². The van der Waals surface area contributed by atoms with Crippen molar-refractivity contribution in [3.05, 3.63) is 75.3 Å². The number of rotatable bonds is 6. The molecule has 0 spiro atoms. The molecule has 2 aromatic carbocycles. The summed E-state index contributed by atoms with van der Waals surface area (Å²) in [6.07, 6.45) is 0.303. The van der Waals surface area contributed by atoms with Crippen LogP contribution in [0.2, 0.25) is 0 Å². The highest BCUT2D eigenvalue weighted by Gasteiger charge is 2.21. The molecule has 0 unspecified atom stereocenters. The number of amides is 1. The molecule has 0 saturated heterocycles. The smallest absolute Gasteiger partial charge is 0.339 e. The Labute approximate surface area is 167 Å². The molecule has 138 valence electrons. The van der Waals surface area contributed by atoms with Crippen LogP contribution in [0, 0.1) is 5.82 Å². The van der Waals surface area contributed by atoms with E-state index in [0.717, 1.165) is 21.4 Å². The summed E-state index contributed by atoms with van der Waals surface area (Å²) in [5, 5.41) is 14.2. The molecule has 0 aliphatic heterocycles. The van der Waals surface area contributed by atoms with Crippen LogP contribution in [-0.2, 0) is 11.2 Å². The van der Waals surface area contributed by atoms with E-state index in [4.69, 9.17) is 0 Å². The first-order valence-electron chi connectivity index (χ1n) is 8.09. The summed E-state index contributed by atoms with van der Waals surface area (Å²) in [5.74, 6) is -1.83. The van der Waals surface area contributed by atoms with Gasteiger partial charge in [0.25, 0.3) is 0 Å². The Kier molecular flexibility index (Phi) is 6.03. The lowest BCUT2D eigenvalue weighted by molar-refractivity contribution is -0.116. The molecule has 7 heteroatoms. The van der Waals surface area contributed by atoms with Crippen LogP contribution < -0.4 is 5.32 Å². The lowest BCUT2D eigenvalue weighted by Crippen LogP contribution is -2.14. The molecule has 27 heavy (non-hydrogen) atoms. The maximum absolute atomic E-state index is 13.6. The van der Waals surface area contributed by atoms with Crippen molar-refractivity contribution >= 4 is 44.1 Å². The van der Waals surface area contributed by atoms with Crippen LogP contribution in [0.1, 0.15) is 22.3 Å². The number of carbonyl (C=O) groups is 2. The lowest BCUT2D eigenvalue weighted by atomic mass is 10.0. The third-order valence-electron chi connectivity index (χ3n) is 3.99. The fourth-order valence-electron chi connectivity index (χ4n) is 2.64. The number of benzene rings is 2. The fourth-order valence-corrected chi connectivity index (χ4v) is 3.88. The van der Waals surface area contributed by atoms with Gasteiger partial charge >= 0.3 is 5.97 Å². The van der Waals surface area contributed by atoms with Gasteiger partial charge in [-0.25, -0.2) is 9.18 Å². The molecule has 0 bridgehead atoms. The van der Waals surface area contributed by atoms with Crippen molar-refractivity contribution in [2.45, 2.75) is 12.8 Å². The maximum atomic E-state index is 13.6. The van der Waals surface area contributed by atoms with Gasteiger partial charge in [0.15, 0.2) is 0 Å². The zero-order chi connectivity index (χ0) is 19.4. The molecule has 4 nitrogen and oxygen atoms in total. The van der Waals surface area contributed by atoms with Crippen LogP contribution in [0.4, 0.5) is 9.39 Å². The van der Waals surface area contributed by atoms with Gasteiger partial charge in [0.2, 0.25) is 5.91 Å². The molecule has 0 fully saturated rings. The molecule has 1 amide bonds. The minimum Gasteiger partial charge on any atom is -0.478 e. The van der Waals surface area contributed by atoms with Crippen LogP contribution in [0.25, 0.3) is 11.1 Å². The van der Waals surface area contributed by atoms with Gasteiger partial charge in [-0.1, -0.05) is 46.3 Å². The summed E-state index contributed by atoms with van der Waals surface area (Å²) in [4.78, 5) is 24.0. The average Bonchev–Trinajstić information content (AvgIpc) is 3.05. The van der Waals surface area contributed by atoms with Crippen LogP contribution in [0.3, 0.4) is 0 Å². The first kappa shape index (κ1) is 19.3. The lowest BCUT2D eigenvalue weighted by Gasteiger charge is -2.07. The van der Waals surface area contributed by atoms with Crippen molar-refractivity contribution < 1.29 is 19.1 Å². The normalized spacial score (nSPS) is 10.6. The summed E-state index contributed by atoms with van der Waals surface area (Å²) in [5.41, 5.74) is 1.80. The summed E-state index contributed by atoms with van der Waals surface area (Å²) in [7, 11) is 0. The Bertz CT molecular complexity index is 985. The first-order chi connectivity index (χ1) is 13.0. The highest BCUT2D eigenvalue weighted by molar-refractivity contribution is 9.10. The first-order valence-corrected chi connectivity index (χ1v) is 9.77. The van der Waals surface area contributed by atoms with Gasteiger partial charge in [-0.05, 0) is 35.7 Å². The van der Waals surface area contributed by atoms with Gasteiger partial charge < -0.3 is 10.4 Å². The molecule has 0 saturated carbocycles. The molecule has 0 aliphatic rings. The quantitative estimate of drug-likeness (QED) is 0.517. The predicted octanol–water partition coefficient (Wildman–Crippen LogP) is 5.59. The second-order valence-corrected chi connectivity index (χ2v) is 7.60. The Morgan fingerprint density at radius 3 is 2.48 bits per heavy atom. The Morgan fingerprint density at radius 2 is 1.81 bits per heavy atom. The van der Waals surface area contributed by atoms with Gasteiger partial charge in [0.1, 0.15) is 16.4 Å². The standard InChI is InChI=1S/C20H15BrFNO3S/c21-14-8-5-12(6-9-14)15-11-27-19(18(15)20(25)26)23-17(24)10-7-13-3-1-2-4-16(13)22/h1-6,8-9,11H,7,10H2,(H,23,24)(H,25,26). The SMILES string of the molecule is O=C(CCc1ccccc1F)Nc1scc(-c2ccc(Br)cc2)c1C(=O)O. The Hall–Kier alpha value is -2.51. The summed E-state index contributed by atoms with van der Waals surface area (Å²) in [6.45, 7) is 0. The molecule has 1 heterocycles. The van der Waals surface area contributed by atoms with Gasteiger partial charge in [0, 0.05) is 21.8 Å². The number of anilines is 1. The van der Waals surface area contributed by atoms with Crippen LogP contribution in [0.5, 0.6) is 0 Å². The molecular formula is C20H15BrFNO3S. The van der Waals surface area contributed by atoms with Crippen molar-refractivity contribution in [3.8, 4) is 11.1 Å². The van der Waals surface area contributed by atoms with E-state index in [1.165, 1.54) is 6.07 Å². The number of carboxylic acids is 1. The molecule has 0 radical (unpaired) electrons. The van der Waals surface area contributed by atoms with E-state index in [-0.39, 0.29) is 35.1 Å². The van der Waals surface area contributed by atoms with Gasteiger partial charge in [-0.2, -0.15) is 0 Å². The number of carboxylic acid groups (broad SMARTS) is 1. The summed E-state index contributed by atoms with van der Waals surface area (Å²) in [6, 6.07) is 13.5. The van der Waals surface area contributed by atoms with E-state index < -0.39 is 5.97 Å². The number of carbonyl (C=O) groups excluding carboxylic acids is 1. The third-order valence-corrected chi connectivity index (χ3v) is 5.42. The van der Waals surface area contributed by atoms with Gasteiger partial charge in [-0.15, -0.1) is 11.3 Å². The maximum Gasteiger partial charge on any atom is 0.339 e. The minimum atomic E-state index is -1.11. The number of hydrogen-bond donors (Lipinski definition) is 2. The number of halogens is 2. The molecule has 3 aromatic rings. The number of thiophene rings is 1. The second kappa shape index (κ2) is 8.45. The number of hydrogen-bond acceptors (Lipinski definition) is 3. The highest BCUT2D eigenvalue weighted by Crippen LogP contribution is 2.36. The van der Waals surface area contributed by atoms with Crippen LogP contribution >= 0.6 is 27.3 Å². The van der Waals surface area contributed by atoms with Crippen molar-refractivity contribution in [2.75, 3.05) is 5.32 Å². The highest BCUT2D eigenvalue weighted by atomic mass is 79.9. The molecule has 2 N–H and O–H groups in total. The molecule has 3 rings (SSSR count). The van der Waals surface area contributed by atoms with Crippen molar-refractivity contribution in [1.29, 1.82) is 0 Å². The van der Waals surface area contributed by atoms with Gasteiger partial charge in [-0.3, -0.25) is 4.79 Å². The number of aryl methyl sites for hydroxylation is 1. The zero-order valence-electron chi connectivity index (χ0n) is 14.0. The molecular weight excluding hydrogens is 433 g/mol. The minimum absolute atomic E-state index is 0.0570. The van der Waals surface area contributed by atoms with Crippen LogP contribution in [0.15, 0.2) is 58.4 Å². The third kappa shape index (κ3) is 4.61. The van der Waals surface area contributed by atoms with E-state index in [9.17, 15) is 19.1 Å². The Balaban J connectivity index is 1.76. The second-order valence-electron chi connectivity index (χ2n) is 5.81. The number of nitrogens with one attached hydrogen (secondary N) is 1. The topological polar surface area (TPSA) is 66.4 Å². The van der Waals surface area contributed by atoms with E-state index in [0.29, 0.717) is 11.1 Å². The van der Waals surface area contributed by atoms with Crippen molar-refractivity contribution in [1.82, 2.24) is 0 Å². The van der Waals surface area contributed by atoms with Gasteiger partial charge in [0.05, 0.1) is 0 Å². The average molecular weight is 448 g/mol. The number of aromatic carboxylic acids is 1. The Morgan fingerprint density at radius 1 is 1.11 bits per heavy atom. The van der Waals surface area contributed by atoms with Crippen molar-refractivity contribution in [3.63, 3.8) is 0 Å². The van der Waals surface area contributed by atoms with E-state index in [1.54, 1.807) is 23.6 Å². The van der Waals surface area contributed by atoms with E-state index >= 15 is 0 Å². The largest absolute Gasteiger partial charge is 0.478 e. The molecule has 0 atom stereocenters. The molecule has 0 aliphatic carbocycles. The van der Waals surface area contributed by atoms with Crippen molar-refractivity contribution in [2.24, 2.45) is 0 Å². The summed E-state index contributed by atoms with van der Waals surface area (Å²) < 4.78 is 14.5. The van der Waals surface area contributed by atoms with E-state index in [1.807, 2.05) is 24.3 Å². The predicted molar refractivity (Wildman–Crippen MR) is 108 cm³/mol. The molecule has 1 aromatic heterocycles. The fraction of sp³-hybridized carbons (Fsp3) is 0.100. The summed E-state index contributed by atoms with van der Waals surface area (Å²) >= 11 is 4.51. The zero-order valence-corrected chi connectivity index (χ0v) is 16.4. The van der Waals surface area contributed by atoms with Crippen LogP contribution in [-0.4, -0.2) is 17.0 Å². The monoisotopic (exact) mass is 447 g/mol.